The standard InChI is InChI=1S/C17H25N3O3/c1-17(2,3)23-16(21)20-9-12-13(10-20)15(12)19-8-11-5-6-14(22-4)18-7-11/h5-7,12-13,15,19H,8-10H2,1-4H3. The molecule has 6 heteroatoms. The second kappa shape index (κ2) is 6.00. The van der Waals surface area contributed by atoms with Crippen molar-refractivity contribution >= 4 is 6.09 Å². The van der Waals surface area contributed by atoms with Crippen LogP contribution in [0.2, 0.25) is 0 Å². The van der Waals surface area contributed by atoms with Crippen molar-refractivity contribution in [2.75, 3.05) is 20.2 Å². The van der Waals surface area contributed by atoms with Crippen molar-refractivity contribution in [2.45, 2.75) is 39.0 Å². The normalized spacial score (nSPS) is 25.9. The van der Waals surface area contributed by atoms with E-state index < -0.39 is 5.60 Å². The Balaban J connectivity index is 1.42. The third-order valence-electron chi connectivity index (χ3n) is 4.39. The average molecular weight is 319 g/mol. The Morgan fingerprint density at radius 2 is 2.04 bits per heavy atom. The fourth-order valence-electron chi connectivity index (χ4n) is 3.18. The lowest BCUT2D eigenvalue weighted by Gasteiger charge is -2.26. The van der Waals surface area contributed by atoms with Gasteiger partial charge in [0.1, 0.15) is 5.60 Å². The fraction of sp³-hybridized carbons (Fsp3) is 0.647. The molecule has 0 aromatic carbocycles. The fourth-order valence-corrected chi connectivity index (χ4v) is 3.18. The van der Waals surface area contributed by atoms with Crippen molar-refractivity contribution < 1.29 is 14.3 Å². The summed E-state index contributed by atoms with van der Waals surface area (Å²) in [5.41, 5.74) is 0.711. The number of piperidine rings is 1. The zero-order chi connectivity index (χ0) is 16.6. The van der Waals surface area contributed by atoms with E-state index in [9.17, 15) is 4.79 Å². The molecule has 1 saturated heterocycles. The van der Waals surface area contributed by atoms with E-state index in [2.05, 4.69) is 10.3 Å². The van der Waals surface area contributed by atoms with Crippen LogP contribution in [-0.4, -0.2) is 47.8 Å². The number of nitrogens with zero attached hydrogens (tertiary/aromatic N) is 2. The molecule has 126 valence electrons. The number of aromatic nitrogens is 1. The quantitative estimate of drug-likeness (QED) is 0.920. The molecule has 2 heterocycles. The first-order valence-corrected chi connectivity index (χ1v) is 8.07. The summed E-state index contributed by atoms with van der Waals surface area (Å²) in [5.74, 6) is 1.73. The number of carbonyl (C=O) groups is 1. The number of methoxy groups -OCH3 is 1. The number of rotatable bonds is 4. The summed E-state index contributed by atoms with van der Waals surface area (Å²) in [4.78, 5) is 18.1. The van der Waals surface area contributed by atoms with Crippen LogP contribution >= 0.6 is 0 Å². The smallest absolute Gasteiger partial charge is 0.410 e. The molecule has 1 aromatic rings. The average Bonchev–Trinajstić information content (AvgIpc) is 2.93. The van der Waals surface area contributed by atoms with Gasteiger partial charge in [0, 0.05) is 37.9 Å². The van der Waals surface area contributed by atoms with Crippen molar-refractivity contribution in [1.82, 2.24) is 15.2 Å². The van der Waals surface area contributed by atoms with Gasteiger partial charge in [-0.3, -0.25) is 0 Å². The highest BCUT2D eigenvalue weighted by atomic mass is 16.6. The second-order valence-electron chi connectivity index (χ2n) is 7.33. The molecule has 1 aromatic heterocycles. The van der Waals surface area contributed by atoms with Gasteiger partial charge < -0.3 is 19.7 Å². The molecule has 3 rings (SSSR count). The van der Waals surface area contributed by atoms with Gasteiger partial charge >= 0.3 is 6.09 Å². The highest BCUT2D eigenvalue weighted by molar-refractivity contribution is 5.69. The van der Waals surface area contributed by atoms with Crippen LogP contribution in [0.1, 0.15) is 26.3 Å². The molecule has 1 N–H and O–H groups in total. The van der Waals surface area contributed by atoms with Crippen LogP contribution in [0.15, 0.2) is 18.3 Å². The number of likely N-dealkylation sites (tertiary alicyclic amines) is 1. The highest BCUT2D eigenvalue weighted by Crippen LogP contribution is 2.45. The van der Waals surface area contributed by atoms with Gasteiger partial charge in [-0.2, -0.15) is 0 Å². The van der Waals surface area contributed by atoms with E-state index in [1.807, 2.05) is 44.0 Å². The maximum Gasteiger partial charge on any atom is 0.410 e. The monoisotopic (exact) mass is 319 g/mol. The van der Waals surface area contributed by atoms with Gasteiger partial charge in [0.15, 0.2) is 0 Å². The van der Waals surface area contributed by atoms with Crippen molar-refractivity contribution in [2.24, 2.45) is 11.8 Å². The Morgan fingerprint density at radius 1 is 1.35 bits per heavy atom. The van der Waals surface area contributed by atoms with Crippen molar-refractivity contribution in [3.05, 3.63) is 23.9 Å². The molecule has 0 spiro atoms. The summed E-state index contributed by atoms with van der Waals surface area (Å²) < 4.78 is 10.5. The number of nitrogens with one attached hydrogen (secondary N) is 1. The van der Waals surface area contributed by atoms with Crippen LogP contribution in [0.3, 0.4) is 0 Å². The van der Waals surface area contributed by atoms with Crippen LogP contribution in [0.25, 0.3) is 0 Å². The molecule has 0 bridgehead atoms. The maximum absolute atomic E-state index is 12.0. The van der Waals surface area contributed by atoms with Crippen LogP contribution in [0.5, 0.6) is 5.88 Å². The van der Waals surface area contributed by atoms with Gasteiger partial charge in [0.05, 0.1) is 7.11 Å². The molecular weight excluding hydrogens is 294 g/mol. The molecule has 2 atom stereocenters. The van der Waals surface area contributed by atoms with E-state index in [1.165, 1.54) is 0 Å². The van der Waals surface area contributed by atoms with Crippen LogP contribution < -0.4 is 10.1 Å². The Morgan fingerprint density at radius 3 is 2.57 bits per heavy atom. The van der Waals surface area contributed by atoms with E-state index in [1.54, 1.807) is 7.11 Å². The summed E-state index contributed by atoms with van der Waals surface area (Å²) >= 11 is 0. The van der Waals surface area contributed by atoms with Crippen molar-refractivity contribution in [3.63, 3.8) is 0 Å². The van der Waals surface area contributed by atoms with E-state index in [0.717, 1.165) is 25.2 Å². The molecule has 2 unspecified atom stereocenters. The third-order valence-corrected chi connectivity index (χ3v) is 4.39. The van der Waals surface area contributed by atoms with Crippen LogP contribution in [0.4, 0.5) is 4.79 Å². The zero-order valence-corrected chi connectivity index (χ0v) is 14.2. The summed E-state index contributed by atoms with van der Waals surface area (Å²) in [5, 5.41) is 3.56. The van der Waals surface area contributed by atoms with Crippen LogP contribution in [0, 0.1) is 11.8 Å². The van der Waals surface area contributed by atoms with Gasteiger partial charge in [-0.25, -0.2) is 9.78 Å². The summed E-state index contributed by atoms with van der Waals surface area (Å²) in [7, 11) is 1.61. The Bertz CT molecular complexity index is 555. The van der Waals surface area contributed by atoms with Gasteiger partial charge in [0.2, 0.25) is 5.88 Å². The molecule has 1 aliphatic carbocycles. The van der Waals surface area contributed by atoms with E-state index in [0.29, 0.717) is 23.8 Å². The number of pyridine rings is 1. The zero-order valence-electron chi connectivity index (χ0n) is 14.2. The molecule has 23 heavy (non-hydrogen) atoms. The molecule has 0 radical (unpaired) electrons. The number of ether oxygens (including phenoxy) is 2. The molecule has 1 amide bonds. The molecular formula is C17H25N3O3. The third kappa shape index (κ3) is 3.75. The Labute approximate surface area is 137 Å². The predicted molar refractivity (Wildman–Crippen MR) is 86.2 cm³/mol. The Hall–Kier alpha value is -1.82. The van der Waals surface area contributed by atoms with Gasteiger partial charge in [0.25, 0.3) is 0 Å². The lowest BCUT2D eigenvalue weighted by Crippen LogP contribution is -2.39. The SMILES string of the molecule is COc1ccc(CNC2C3CN(C(=O)OC(C)(C)C)CC32)cn1. The summed E-state index contributed by atoms with van der Waals surface area (Å²) in [6.07, 6.45) is 1.64. The maximum atomic E-state index is 12.0. The number of hydrogen-bond acceptors (Lipinski definition) is 5. The highest BCUT2D eigenvalue weighted by Gasteiger charge is 2.56. The number of fused-ring (bicyclic) bond motifs is 1. The lowest BCUT2D eigenvalue weighted by atomic mass is 10.2. The molecule has 2 aliphatic rings. The van der Waals surface area contributed by atoms with Gasteiger partial charge in [-0.05, 0) is 38.2 Å². The van der Waals surface area contributed by atoms with Crippen molar-refractivity contribution in [3.8, 4) is 5.88 Å². The molecule has 1 saturated carbocycles. The van der Waals surface area contributed by atoms with Gasteiger partial charge in [-0.15, -0.1) is 0 Å². The molecule has 2 fully saturated rings. The predicted octanol–water partition coefficient (Wildman–Crippen LogP) is 2.05. The van der Waals surface area contributed by atoms with Gasteiger partial charge in [-0.1, -0.05) is 6.07 Å². The lowest BCUT2D eigenvalue weighted by molar-refractivity contribution is 0.0269. The summed E-state index contributed by atoms with van der Waals surface area (Å²) in [6.45, 7) is 8.07. The van der Waals surface area contributed by atoms with E-state index in [-0.39, 0.29) is 6.09 Å². The number of amides is 1. The summed E-state index contributed by atoms with van der Waals surface area (Å²) in [6, 6.07) is 4.38. The number of carbonyl (C=O) groups excluding carboxylic acids is 1. The topological polar surface area (TPSA) is 63.7 Å². The van der Waals surface area contributed by atoms with Crippen LogP contribution in [-0.2, 0) is 11.3 Å². The minimum absolute atomic E-state index is 0.192. The largest absolute Gasteiger partial charge is 0.481 e. The first-order chi connectivity index (χ1) is 10.9. The first kappa shape index (κ1) is 16.1. The minimum Gasteiger partial charge on any atom is -0.481 e. The van der Waals surface area contributed by atoms with E-state index in [4.69, 9.17) is 9.47 Å². The number of hydrogen-bond donors (Lipinski definition) is 1. The van der Waals surface area contributed by atoms with E-state index >= 15 is 0 Å². The molecule has 6 nitrogen and oxygen atoms in total. The first-order valence-electron chi connectivity index (χ1n) is 8.07. The minimum atomic E-state index is -0.428. The molecule has 1 aliphatic heterocycles. The van der Waals surface area contributed by atoms with Crippen molar-refractivity contribution in [1.29, 1.82) is 0 Å². The Kier molecular flexibility index (Phi) is 4.19. The second-order valence-corrected chi connectivity index (χ2v) is 7.33.